The number of alkyl halides is 2. The average Bonchev–Trinajstić information content (AvgIpc) is 2.88. The number of aryl methyl sites for hydroxylation is 1. The Morgan fingerprint density at radius 3 is 2.57 bits per heavy atom. The smallest absolute Gasteiger partial charge is 0.387 e. The SMILES string of the molecule is CCc1nc(C[S@](=O)Cc2ccc(OC(F)F)cc2)cs1. The number of aromatic nitrogens is 1. The molecule has 0 amide bonds. The Morgan fingerprint density at radius 2 is 2.00 bits per heavy atom. The Morgan fingerprint density at radius 1 is 1.29 bits per heavy atom. The van der Waals surface area contributed by atoms with Gasteiger partial charge >= 0.3 is 6.61 Å². The van der Waals surface area contributed by atoms with Gasteiger partial charge in [0.15, 0.2) is 0 Å². The van der Waals surface area contributed by atoms with E-state index in [9.17, 15) is 13.0 Å². The molecule has 0 fully saturated rings. The minimum atomic E-state index is -2.83. The van der Waals surface area contributed by atoms with Gasteiger partial charge in [-0.1, -0.05) is 19.1 Å². The number of nitrogens with zero attached hydrogens (tertiary/aromatic N) is 1. The standard InChI is InChI=1S/C14H15F2NO2S2/c1-2-13-17-11(7-20-13)9-21(18)8-10-3-5-12(6-4-10)19-14(15)16/h3-7,14H,2,8-9H2,1H3/t21-/m1/s1. The molecule has 7 heteroatoms. The maximum Gasteiger partial charge on any atom is 0.387 e. The van der Waals surface area contributed by atoms with Crippen LogP contribution in [0.1, 0.15) is 23.2 Å². The predicted molar refractivity (Wildman–Crippen MR) is 80.1 cm³/mol. The zero-order valence-electron chi connectivity index (χ0n) is 11.4. The molecule has 2 aromatic rings. The van der Waals surface area contributed by atoms with Gasteiger partial charge in [-0.05, 0) is 24.1 Å². The van der Waals surface area contributed by atoms with Crippen molar-refractivity contribution in [1.82, 2.24) is 4.98 Å². The van der Waals surface area contributed by atoms with Crippen molar-refractivity contribution in [1.29, 1.82) is 0 Å². The molecule has 0 spiro atoms. The highest BCUT2D eigenvalue weighted by Crippen LogP contribution is 2.17. The molecule has 1 aromatic heterocycles. The van der Waals surface area contributed by atoms with E-state index in [1.807, 2.05) is 12.3 Å². The van der Waals surface area contributed by atoms with Crippen LogP contribution < -0.4 is 4.74 Å². The molecular formula is C14H15F2NO2S2. The number of ether oxygens (including phenoxy) is 1. The normalized spacial score (nSPS) is 12.6. The maximum absolute atomic E-state index is 12.1. The second kappa shape index (κ2) is 7.61. The van der Waals surface area contributed by atoms with Crippen LogP contribution in [-0.2, 0) is 28.7 Å². The van der Waals surface area contributed by atoms with E-state index in [1.54, 1.807) is 23.5 Å². The lowest BCUT2D eigenvalue weighted by Gasteiger charge is -2.05. The largest absolute Gasteiger partial charge is 0.435 e. The first-order valence-electron chi connectivity index (χ1n) is 6.39. The van der Waals surface area contributed by atoms with Crippen LogP contribution in [0.5, 0.6) is 5.75 Å². The van der Waals surface area contributed by atoms with Crippen molar-refractivity contribution >= 4 is 22.1 Å². The minimum absolute atomic E-state index is 0.103. The summed E-state index contributed by atoms with van der Waals surface area (Å²) in [5.74, 6) is 0.881. The zero-order chi connectivity index (χ0) is 15.2. The molecular weight excluding hydrogens is 316 g/mol. The second-order valence-electron chi connectivity index (χ2n) is 4.34. The molecule has 0 aliphatic rings. The first-order valence-corrected chi connectivity index (χ1v) is 8.75. The van der Waals surface area contributed by atoms with E-state index < -0.39 is 17.4 Å². The molecule has 0 aliphatic carbocycles. The first kappa shape index (κ1) is 16.0. The van der Waals surface area contributed by atoms with Crippen molar-refractivity contribution in [2.45, 2.75) is 31.5 Å². The van der Waals surface area contributed by atoms with Gasteiger partial charge in [-0.3, -0.25) is 4.21 Å². The van der Waals surface area contributed by atoms with Crippen LogP contribution in [-0.4, -0.2) is 15.8 Å². The van der Waals surface area contributed by atoms with Crippen LogP contribution in [0.15, 0.2) is 29.6 Å². The van der Waals surface area contributed by atoms with Crippen molar-refractivity contribution in [3.63, 3.8) is 0 Å². The van der Waals surface area contributed by atoms with E-state index in [0.717, 1.165) is 22.7 Å². The predicted octanol–water partition coefficient (Wildman–Crippen LogP) is 3.76. The van der Waals surface area contributed by atoms with Crippen LogP contribution in [0, 0.1) is 0 Å². The molecule has 0 aliphatic heterocycles. The van der Waals surface area contributed by atoms with E-state index in [1.165, 1.54) is 12.1 Å². The van der Waals surface area contributed by atoms with E-state index >= 15 is 0 Å². The summed E-state index contributed by atoms with van der Waals surface area (Å²) in [5, 5.41) is 2.96. The monoisotopic (exact) mass is 331 g/mol. The number of thiazole rings is 1. The summed E-state index contributed by atoms with van der Waals surface area (Å²) >= 11 is 1.57. The average molecular weight is 331 g/mol. The molecule has 0 saturated heterocycles. The number of rotatable bonds is 7. The fourth-order valence-electron chi connectivity index (χ4n) is 1.75. The van der Waals surface area contributed by atoms with Gasteiger partial charge in [-0.25, -0.2) is 4.98 Å². The van der Waals surface area contributed by atoms with Crippen molar-refractivity contribution in [2.75, 3.05) is 0 Å². The molecule has 3 nitrogen and oxygen atoms in total. The van der Waals surface area contributed by atoms with Crippen LogP contribution in [0.4, 0.5) is 8.78 Å². The lowest BCUT2D eigenvalue weighted by atomic mass is 10.2. The molecule has 0 N–H and O–H groups in total. The van der Waals surface area contributed by atoms with E-state index in [0.29, 0.717) is 11.5 Å². The highest BCUT2D eigenvalue weighted by molar-refractivity contribution is 7.83. The molecule has 1 aromatic carbocycles. The molecule has 1 heterocycles. The Balaban J connectivity index is 1.90. The van der Waals surface area contributed by atoms with Crippen molar-refractivity contribution in [3.8, 4) is 5.75 Å². The minimum Gasteiger partial charge on any atom is -0.435 e. The number of hydrogen-bond donors (Lipinski definition) is 0. The first-order chi connectivity index (χ1) is 10.1. The van der Waals surface area contributed by atoms with Gasteiger partial charge in [-0.2, -0.15) is 8.78 Å². The van der Waals surface area contributed by atoms with E-state index in [-0.39, 0.29) is 5.75 Å². The molecule has 1 atom stereocenters. The number of hydrogen-bond acceptors (Lipinski definition) is 4. The summed E-state index contributed by atoms with van der Waals surface area (Å²) in [6, 6.07) is 6.20. The van der Waals surface area contributed by atoms with Crippen LogP contribution in [0.3, 0.4) is 0 Å². The van der Waals surface area contributed by atoms with Crippen molar-refractivity contribution in [2.24, 2.45) is 0 Å². The lowest BCUT2D eigenvalue weighted by molar-refractivity contribution is -0.0498. The zero-order valence-corrected chi connectivity index (χ0v) is 13.1. The third-order valence-corrected chi connectivity index (χ3v) is 5.00. The molecule has 0 radical (unpaired) electrons. The van der Waals surface area contributed by atoms with Gasteiger partial charge < -0.3 is 4.74 Å². The molecule has 114 valence electrons. The van der Waals surface area contributed by atoms with Crippen LogP contribution >= 0.6 is 11.3 Å². The molecule has 0 saturated carbocycles. The Bertz CT molecular complexity index is 599. The lowest BCUT2D eigenvalue weighted by Crippen LogP contribution is -2.03. The summed E-state index contributed by atoms with van der Waals surface area (Å²) in [6.07, 6.45) is 0.878. The Labute approximate surface area is 128 Å². The summed E-state index contributed by atoms with van der Waals surface area (Å²) in [5.41, 5.74) is 1.66. The highest BCUT2D eigenvalue weighted by atomic mass is 32.2. The fourth-order valence-corrected chi connectivity index (χ4v) is 3.74. The maximum atomic E-state index is 12.1. The number of benzene rings is 1. The van der Waals surface area contributed by atoms with E-state index in [2.05, 4.69) is 9.72 Å². The van der Waals surface area contributed by atoms with Crippen molar-refractivity contribution in [3.05, 3.63) is 45.9 Å². The quantitative estimate of drug-likeness (QED) is 0.775. The van der Waals surface area contributed by atoms with Gasteiger partial charge in [0.1, 0.15) is 5.75 Å². The van der Waals surface area contributed by atoms with E-state index in [4.69, 9.17) is 0 Å². The molecule has 2 rings (SSSR count). The third-order valence-electron chi connectivity index (χ3n) is 2.69. The highest BCUT2D eigenvalue weighted by Gasteiger charge is 2.08. The van der Waals surface area contributed by atoms with Gasteiger partial charge in [0.2, 0.25) is 0 Å². The fraction of sp³-hybridized carbons (Fsp3) is 0.357. The van der Waals surface area contributed by atoms with Gasteiger partial charge in [-0.15, -0.1) is 11.3 Å². The summed E-state index contributed by atoms with van der Waals surface area (Å²) in [6.45, 7) is -0.801. The molecule has 0 unspecified atom stereocenters. The Hall–Kier alpha value is -1.34. The van der Waals surface area contributed by atoms with Crippen LogP contribution in [0.25, 0.3) is 0 Å². The van der Waals surface area contributed by atoms with Gasteiger partial charge in [0, 0.05) is 21.9 Å². The van der Waals surface area contributed by atoms with Gasteiger partial charge in [0.25, 0.3) is 0 Å². The molecule has 21 heavy (non-hydrogen) atoms. The topological polar surface area (TPSA) is 39.2 Å². The second-order valence-corrected chi connectivity index (χ2v) is 6.74. The summed E-state index contributed by atoms with van der Waals surface area (Å²) in [4.78, 5) is 4.38. The third kappa shape index (κ3) is 5.17. The summed E-state index contributed by atoms with van der Waals surface area (Å²) < 4.78 is 40.4. The van der Waals surface area contributed by atoms with Crippen LogP contribution in [0.2, 0.25) is 0 Å². The summed E-state index contributed by atoms with van der Waals surface area (Å²) in [7, 11) is -1.07. The van der Waals surface area contributed by atoms with Crippen molar-refractivity contribution < 1.29 is 17.7 Å². The number of halogens is 2. The molecule has 0 bridgehead atoms. The van der Waals surface area contributed by atoms with Gasteiger partial charge in [0.05, 0.1) is 16.5 Å². The Kier molecular flexibility index (Phi) is 5.81.